The molecule has 1 rings (SSSR count). The Hall–Kier alpha value is -1.76. The van der Waals surface area contributed by atoms with Gasteiger partial charge in [-0.15, -0.1) is 0 Å². The van der Waals surface area contributed by atoms with Crippen LogP contribution in [0.5, 0.6) is 11.5 Å². The summed E-state index contributed by atoms with van der Waals surface area (Å²) >= 11 is 3.31. The van der Waals surface area contributed by atoms with Crippen molar-refractivity contribution in [1.29, 1.82) is 0 Å². The third-order valence-corrected chi connectivity index (χ3v) is 3.08. The standard InChI is InChI=1S/C12H14BrNO5/c1-18-8-5-7(6-9(19-2)12(8)13)14-10(15)3-4-11(16)17/h5-6H,3-4H2,1-2H3,(H,14,15)(H,16,17). The highest BCUT2D eigenvalue weighted by molar-refractivity contribution is 9.10. The van der Waals surface area contributed by atoms with Crippen LogP contribution >= 0.6 is 15.9 Å². The molecule has 2 N–H and O–H groups in total. The maximum Gasteiger partial charge on any atom is 0.303 e. The Kier molecular flexibility index (Phi) is 5.62. The molecule has 1 aromatic rings. The van der Waals surface area contributed by atoms with Crippen molar-refractivity contribution >= 4 is 33.5 Å². The minimum Gasteiger partial charge on any atom is -0.495 e. The van der Waals surface area contributed by atoms with Crippen molar-refractivity contribution in [2.24, 2.45) is 0 Å². The SMILES string of the molecule is COc1cc(NC(=O)CCC(=O)O)cc(OC)c1Br. The fraction of sp³-hybridized carbons (Fsp3) is 0.333. The van der Waals surface area contributed by atoms with Crippen molar-refractivity contribution in [1.82, 2.24) is 0 Å². The Balaban J connectivity index is 2.83. The zero-order valence-electron chi connectivity index (χ0n) is 10.5. The minimum atomic E-state index is -1.01. The van der Waals surface area contributed by atoms with E-state index < -0.39 is 5.97 Å². The molecule has 0 spiro atoms. The first kappa shape index (κ1) is 15.3. The average Bonchev–Trinajstić information content (AvgIpc) is 2.38. The average molecular weight is 332 g/mol. The fourth-order valence-corrected chi connectivity index (χ4v) is 1.94. The predicted octanol–water partition coefficient (Wildman–Crippen LogP) is 2.27. The molecule has 7 heteroatoms. The first-order valence-electron chi connectivity index (χ1n) is 5.41. The summed E-state index contributed by atoms with van der Waals surface area (Å²) in [5.74, 6) is -0.379. The van der Waals surface area contributed by atoms with E-state index in [-0.39, 0.29) is 18.7 Å². The van der Waals surface area contributed by atoms with E-state index in [4.69, 9.17) is 14.6 Å². The molecule has 0 aliphatic heterocycles. The number of carboxylic acids is 1. The summed E-state index contributed by atoms with van der Waals surface area (Å²) in [4.78, 5) is 21.9. The second-order valence-electron chi connectivity index (χ2n) is 3.64. The molecule has 0 bridgehead atoms. The lowest BCUT2D eigenvalue weighted by atomic mass is 10.2. The first-order valence-corrected chi connectivity index (χ1v) is 6.20. The molecule has 0 aliphatic carbocycles. The summed E-state index contributed by atoms with van der Waals surface area (Å²) in [6.07, 6.45) is -0.299. The van der Waals surface area contributed by atoms with Crippen LogP contribution in [0.2, 0.25) is 0 Å². The van der Waals surface area contributed by atoms with Gasteiger partial charge in [-0.3, -0.25) is 9.59 Å². The van der Waals surface area contributed by atoms with Crippen LogP contribution in [-0.2, 0) is 9.59 Å². The number of halogens is 1. The summed E-state index contributed by atoms with van der Waals surface area (Å²) in [7, 11) is 2.99. The number of hydrogen-bond donors (Lipinski definition) is 2. The number of hydrogen-bond acceptors (Lipinski definition) is 4. The molecule has 0 saturated carbocycles. The second-order valence-corrected chi connectivity index (χ2v) is 4.43. The molecule has 0 atom stereocenters. The number of rotatable bonds is 6. The van der Waals surface area contributed by atoms with Gasteiger partial charge in [0.15, 0.2) is 0 Å². The molecule has 19 heavy (non-hydrogen) atoms. The Morgan fingerprint density at radius 3 is 2.16 bits per heavy atom. The maximum atomic E-state index is 11.5. The molecular formula is C12H14BrNO5. The van der Waals surface area contributed by atoms with E-state index in [1.165, 1.54) is 14.2 Å². The Bertz CT molecular complexity index is 464. The van der Waals surface area contributed by atoms with Crippen LogP contribution in [0.3, 0.4) is 0 Å². The van der Waals surface area contributed by atoms with Gasteiger partial charge in [0.1, 0.15) is 16.0 Å². The Morgan fingerprint density at radius 2 is 1.74 bits per heavy atom. The summed E-state index contributed by atoms with van der Waals surface area (Å²) in [5.41, 5.74) is 0.479. The summed E-state index contributed by atoms with van der Waals surface area (Å²) in [6, 6.07) is 3.23. The number of nitrogens with one attached hydrogen (secondary N) is 1. The summed E-state index contributed by atoms with van der Waals surface area (Å²) in [6.45, 7) is 0. The van der Waals surface area contributed by atoms with Gasteiger partial charge in [0.25, 0.3) is 0 Å². The molecule has 0 radical (unpaired) electrons. The number of carboxylic acid groups (broad SMARTS) is 1. The first-order chi connectivity index (χ1) is 8.97. The number of aliphatic carboxylic acids is 1. The smallest absolute Gasteiger partial charge is 0.303 e. The highest BCUT2D eigenvalue weighted by Crippen LogP contribution is 2.37. The van der Waals surface area contributed by atoms with Gasteiger partial charge in [-0.05, 0) is 15.9 Å². The molecule has 0 fully saturated rings. The van der Waals surface area contributed by atoms with Gasteiger partial charge in [0.05, 0.1) is 20.6 Å². The normalized spacial score (nSPS) is 9.84. The molecule has 1 aromatic carbocycles. The number of benzene rings is 1. The summed E-state index contributed by atoms with van der Waals surface area (Å²) in [5, 5.41) is 11.1. The van der Waals surface area contributed by atoms with Crippen LogP contribution in [0.25, 0.3) is 0 Å². The van der Waals surface area contributed by atoms with Crippen LogP contribution in [-0.4, -0.2) is 31.2 Å². The molecule has 0 heterocycles. The molecule has 6 nitrogen and oxygen atoms in total. The molecule has 0 aliphatic rings. The van der Waals surface area contributed by atoms with Gasteiger partial charge in [0, 0.05) is 24.2 Å². The van der Waals surface area contributed by atoms with Crippen molar-refractivity contribution in [2.75, 3.05) is 19.5 Å². The number of carbonyl (C=O) groups excluding carboxylic acids is 1. The molecule has 104 valence electrons. The van der Waals surface area contributed by atoms with E-state index in [0.717, 1.165) is 0 Å². The van der Waals surface area contributed by atoms with E-state index in [2.05, 4.69) is 21.2 Å². The highest BCUT2D eigenvalue weighted by atomic mass is 79.9. The van der Waals surface area contributed by atoms with Gasteiger partial charge in [-0.2, -0.15) is 0 Å². The van der Waals surface area contributed by atoms with Crippen molar-refractivity contribution in [3.8, 4) is 11.5 Å². The fourth-order valence-electron chi connectivity index (χ4n) is 1.39. The van der Waals surface area contributed by atoms with Gasteiger partial charge < -0.3 is 19.9 Å². The Morgan fingerprint density at radius 1 is 1.21 bits per heavy atom. The monoisotopic (exact) mass is 331 g/mol. The lowest BCUT2D eigenvalue weighted by Gasteiger charge is -2.12. The molecular weight excluding hydrogens is 318 g/mol. The summed E-state index contributed by atoms with van der Waals surface area (Å²) < 4.78 is 10.9. The van der Waals surface area contributed by atoms with E-state index in [9.17, 15) is 9.59 Å². The molecule has 1 amide bonds. The van der Waals surface area contributed by atoms with Crippen LogP contribution in [0.1, 0.15) is 12.8 Å². The third kappa shape index (κ3) is 4.44. The van der Waals surface area contributed by atoms with Crippen molar-refractivity contribution in [2.45, 2.75) is 12.8 Å². The van der Waals surface area contributed by atoms with Crippen molar-refractivity contribution in [3.63, 3.8) is 0 Å². The van der Waals surface area contributed by atoms with Gasteiger partial charge >= 0.3 is 5.97 Å². The van der Waals surface area contributed by atoms with E-state index in [1.54, 1.807) is 12.1 Å². The lowest BCUT2D eigenvalue weighted by Crippen LogP contribution is -2.13. The van der Waals surface area contributed by atoms with Crippen molar-refractivity contribution < 1.29 is 24.2 Å². The van der Waals surface area contributed by atoms with Gasteiger partial charge in [-0.25, -0.2) is 0 Å². The number of anilines is 1. The maximum absolute atomic E-state index is 11.5. The topological polar surface area (TPSA) is 84.9 Å². The minimum absolute atomic E-state index is 0.0873. The molecule has 0 saturated heterocycles. The van der Waals surface area contributed by atoms with E-state index >= 15 is 0 Å². The zero-order valence-corrected chi connectivity index (χ0v) is 12.1. The number of methoxy groups -OCH3 is 2. The van der Waals surface area contributed by atoms with Crippen LogP contribution in [0, 0.1) is 0 Å². The van der Waals surface area contributed by atoms with E-state index in [1.807, 2.05) is 0 Å². The molecule has 0 aromatic heterocycles. The zero-order chi connectivity index (χ0) is 14.4. The largest absolute Gasteiger partial charge is 0.495 e. The van der Waals surface area contributed by atoms with Gasteiger partial charge in [0.2, 0.25) is 5.91 Å². The van der Waals surface area contributed by atoms with Gasteiger partial charge in [-0.1, -0.05) is 0 Å². The van der Waals surface area contributed by atoms with Crippen LogP contribution in [0.4, 0.5) is 5.69 Å². The molecule has 0 unspecified atom stereocenters. The highest BCUT2D eigenvalue weighted by Gasteiger charge is 2.12. The predicted molar refractivity (Wildman–Crippen MR) is 72.7 cm³/mol. The quantitative estimate of drug-likeness (QED) is 0.835. The van der Waals surface area contributed by atoms with Crippen LogP contribution in [0.15, 0.2) is 16.6 Å². The lowest BCUT2D eigenvalue weighted by molar-refractivity contribution is -0.138. The number of ether oxygens (including phenoxy) is 2. The van der Waals surface area contributed by atoms with Crippen molar-refractivity contribution in [3.05, 3.63) is 16.6 Å². The second kappa shape index (κ2) is 6.98. The van der Waals surface area contributed by atoms with Crippen LogP contribution < -0.4 is 14.8 Å². The number of amides is 1. The Labute approximate surface area is 118 Å². The number of carbonyl (C=O) groups is 2. The third-order valence-electron chi connectivity index (χ3n) is 2.30. The van der Waals surface area contributed by atoms with E-state index in [0.29, 0.717) is 21.7 Å².